The summed E-state index contributed by atoms with van der Waals surface area (Å²) in [5.41, 5.74) is 8.31. The number of primary amides is 1. The zero-order valence-electron chi connectivity index (χ0n) is 16.7. The number of nitrogens with zero attached hydrogens (tertiary/aromatic N) is 1. The smallest absolute Gasteiger partial charge is 0.252 e. The first-order chi connectivity index (χ1) is 14.9. The Morgan fingerprint density at radius 2 is 1.81 bits per heavy atom. The maximum atomic E-state index is 13.0. The Morgan fingerprint density at radius 3 is 2.48 bits per heavy atom. The average Bonchev–Trinajstić information content (AvgIpc) is 3.29. The minimum absolute atomic E-state index is 0.106. The summed E-state index contributed by atoms with van der Waals surface area (Å²) < 4.78 is 0.793. The number of nitrogens with two attached hydrogens (primary N) is 1. The van der Waals surface area contributed by atoms with E-state index in [4.69, 9.17) is 5.73 Å². The fourth-order valence-electron chi connectivity index (χ4n) is 3.82. The second kappa shape index (κ2) is 8.64. The van der Waals surface area contributed by atoms with Crippen molar-refractivity contribution in [1.29, 1.82) is 0 Å². The number of anilines is 2. The van der Waals surface area contributed by atoms with Gasteiger partial charge in [0.2, 0.25) is 11.8 Å². The standard InChI is InChI=1S/C23H20BrN3O3S/c1-13-19(14-7-3-2-4-8-14)20(21(25)29)23(31-13)26-22(30)15-11-18(28)27(12-15)17-10-6-5-9-16(17)24/h2-10,15H,11-12H2,1H3,(H2,25,29)(H,26,30). The maximum absolute atomic E-state index is 13.0. The highest BCUT2D eigenvalue weighted by atomic mass is 79.9. The van der Waals surface area contributed by atoms with Crippen LogP contribution in [0.2, 0.25) is 0 Å². The molecule has 31 heavy (non-hydrogen) atoms. The van der Waals surface area contributed by atoms with Crippen LogP contribution in [0.15, 0.2) is 59.1 Å². The monoisotopic (exact) mass is 497 g/mol. The molecule has 1 aliphatic heterocycles. The summed E-state index contributed by atoms with van der Waals surface area (Å²) in [4.78, 5) is 40.3. The summed E-state index contributed by atoms with van der Waals surface area (Å²) in [6.07, 6.45) is 0.106. The van der Waals surface area contributed by atoms with Crippen molar-refractivity contribution in [2.45, 2.75) is 13.3 Å². The number of benzene rings is 2. The Kier molecular flexibility index (Phi) is 5.93. The number of carbonyl (C=O) groups is 3. The maximum Gasteiger partial charge on any atom is 0.252 e. The number of nitrogens with one attached hydrogen (secondary N) is 1. The van der Waals surface area contributed by atoms with E-state index in [9.17, 15) is 14.4 Å². The van der Waals surface area contributed by atoms with E-state index >= 15 is 0 Å². The number of halogens is 1. The number of rotatable bonds is 5. The lowest BCUT2D eigenvalue weighted by Gasteiger charge is -2.18. The third-order valence-corrected chi connectivity index (χ3v) is 6.96. The van der Waals surface area contributed by atoms with Gasteiger partial charge in [-0.15, -0.1) is 11.3 Å². The summed E-state index contributed by atoms with van der Waals surface area (Å²) in [6, 6.07) is 16.9. The second-order valence-corrected chi connectivity index (χ2v) is 9.39. The zero-order valence-corrected chi connectivity index (χ0v) is 19.1. The lowest BCUT2D eigenvalue weighted by atomic mass is 10.0. The molecule has 1 aliphatic rings. The second-order valence-electron chi connectivity index (χ2n) is 7.31. The Labute approximate surface area is 192 Å². The van der Waals surface area contributed by atoms with Gasteiger partial charge in [-0.05, 0) is 40.5 Å². The fourth-order valence-corrected chi connectivity index (χ4v) is 5.40. The van der Waals surface area contributed by atoms with Crippen molar-refractivity contribution in [2.75, 3.05) is 16.8 Å². The summed E-state index contributed by atoms with van der Waals surface area (Å²) in [5.74, 6) is -1.54. The van der Waals surface area contributed by atoms with Gasteiger partial charge in [0, 0.05) is 27.9 Å². The van der Waals surface area contributed by atoms with Crippen molar-refractivity contribution in [2.24, 2.45) is 11.7 Å². The van der Waals surface area contributed by atoms with Gasteiger partial charge in [-0.3, -0.25) is 14.4 Å². The van der Waals surface area contributed by atoms with Crippen LogP contribution in [0.25, 0.3) is 11.1 Å². The van der Waals surface area contributed by atoms with Crippen molar-refractivity contribution in [3.05, 3.63) is 69.5 Å². The number of thiophene rings is 1. The highest BCUT2D eigenvalue weighted by Gasteiger charge is 2.36. The molecule has 3 N–H and O–H groups in total. The van der Waals surface area contributed by atoms with E-state index < -0.39 is 11.8 Å². The molecule has 2 heterocycles. The number of amides is 3. The van der Waals surface area contributed by atoms with Gasteiger partial charge in [-0.25, -0.2) is 0 Å². The van der Waals surface area contributed by atoms with E-state index in [1.165, 1.54) is 11.3 Å². The van der Waals surface area contributed by atoms with Gasteiger partial charge in [0.15, 0.2) is 0 Å². The van der Waals surface area contributed by atoms with Gasteiger partial charge < -0.3 is 16.0 Å². The highest BCUT2D eigenvalue weighted by Crippen LogP contribution is 2.40. The van der Waals surface area contributed by atoms with Gasteiger partial charge in [0.25, 0.3) is 5.91 Å². The van der Waals surface area contributed by atoms with Crippen molar-refractivity contribution >= 4 is 55.7 Å². The average molecular weight is 498 g/mol. The largest absolute Gasteiger partial charge is 0.365 e. The van der Waals surface area contributed by atoms with E-state index in [1.807, 2.05) is 61.5 Å². The molecule has 2 aromatic carbocycles. The Bertz CT molecular complexity index is 1180. The molecule has 1 atom stereocenters. The van der Waals surface area contributed by atoms with Crippen LogP contribution in [-0.4, -0.2) is 24.3 Å². The summed E-state index contributed by atoms with van der Waals surface area (Å²) in [5, 5.41) is 3.28. The molecule has 1 aromatic heterocycles. The van der Waals surface area contributed by atoms with E-state index in [0.29, 0.717) is 10.6 Å². The van der Waals surface area contributed by atoms with Crippen molar-refractivity contribution in [3.8, 4) is 11.1 Å². The Morgan fingerprint density at radius 1 is 1.13 bits per heavy atom. The normalized spacial score (nSPS) is 15.9. The molecular formula is C23H20BrN3O3S. The van der Waals surface area contributed by atoms with E-state index in [2.05, 4.69) is 21.2 Å². The number of aryl methyl sites for hydroxylation is 1. The molecule has 1 fully saturated rings. The molecule has 0 saturated carbocycles. The number of hydrogen-bond acceptors (Lipinski definition) is 4. The first-order valence-corrected chi connectivity index (χ1v) is 11.3. The molecule has 1 unspecified atom stereocenters. The molecule has 3 amide bonds. The molecule has 3 aromatic rings. The highest BCUT2D eigenvalue weighted by molar-refractivity contribution is 9.10. The van der Waals surface area contributed by atoms with Crippen molar-refractivity contribution < 1.29 is 14.4 Å². The summed E-state index contributed by atoms with van der Waals surface area (Å²) in [7, 11) is 0. The van der Waals surface area contributed by atoms with Crippen molar-refractivity contribution in [1.82, 2.24) is 0 Å². The van der Waals surface area contributed by atoms with Crippen LogP contribution in [0.3, 0.4) is 0 Å². The Hall–Kier alpha value is -2.97. The Balaban J connectivity index is 1.59. The lowest BCUT2D eigenvalue weighted by Crippen LogP contribution is -2.28. The fraction of sp³-hybridized carbons (Fsp3) is 0.174. The quantitative estimate of drug-likeness (QED) is 0.540. The van der Waals surface area contributed by atoms with Gasteiger partial charge in [0.1, 0.15) is 5.00 Å². The number of para-hydroxylation sites is 1. The molecule has 6 nitrogen and oxygen atoms in total. The van der Waals surface area contributed by atoms with E-state index in [1.54, 1.807) is 4.90 Å². The predicted octanol–water partition coefficient (Wildman–Crippen LogP) is 4.58. The first kappa shape index (κ1) is 21.3. The van der Waals surface area contributed by atoms with Gasteiger partial charge >= 0.3 is 0 Å². The van der Waals surface area contributed by atoms with Crippen LogP contribution in [-0.2, 0) is 9.59 Å². The van der Waals surface area contributed by atoms with Gasteiger partial charge in [0.05, 0.1) is 17.2 Å². The number of carbonyl (C=O) groups excluding carboxylic acids is 3. The van der Waals surface area contributed by atoms with Crippen LogP contribution in [0, 0.1) is 12.8 Å². The molecule has 1 saturated heterocycles. The molecule has 158 valence electrons. The minimum atomic E-state index is -0.601. The molecule has 0 bridgehead atoms. The summed E-state index contributed by atoms with van der Waals surface area (Å²) in [6.45, 7) is 2.16. The van der Waals surface area contributed by atoms with Crippen LogP contribution < -0.4 is 16.0 Å². The van der Waals surface area contributed by atoms with Crippen LogP contribution >= 0.6 is 27.3 Å². The third kappa shape index (κ3) is 4.13. The lowest BCUT2D eigenvalue weighted by molar-refractivity contribution is -0.122. The predicted molar refractivity (Wildman–Crippen MR) is 126 cm³/mol. The van der Waals surface area contributed by atoms with Crippen molar-refractivity contribution in [3.63, 3.8) is 0 Å². The molecular weight excluding hydrogens is 478 g/mol. The van der Waals surface area contributed by atoms with E-state index in [0.717, 1.165) is 26.2 Å². The topological polar surface area (TPSA) is 92.5 Å². The SMILES string of the molecule is Cc1sc(NC(=O)C2CC(=O)N(c3ccccc3Br)C2)c(C(N)=O)c1-c1ccccc1. The molecule has 8 heteroatoms. The van der Waals surface area contributed by atoms with Crippen LogP contribution in [0.5, 0.6) is 0 Å². The van der Waals surface area contributed by atoms with E-state index in [-0.39, 0.29) is 24.8 Å². The summed E-state index contributed by atoms with van der Waals surface area (Å²) >= 11 is 4.77. The molecule has 0 spiro atoms. The minimum Gasteiger partial charge on any atom is -0.365 e. The molecule has 4 rings (SSSR count). The third-order valence-electron chi connectivity index (χ3n) is 5.27. The zero-order chi connectivity index (χ0) is 22.1. The number of hydrogen-bond donors (Lipinski definition) is 2. The molecule has 0 aliphatic carbocycles. The van der Waals surface area contributed by atoms with Gasteiger partial charge in [-0.1, -0.05) is 42.5 Å². The van der Waals surface area contributed by atoms with Crippen LogP contribution in [0.1, 0.15) is 21.7 Å². The molecule has 0 radical (unpaired) electrons. The first-order valence-electron chi connectivity index (χ1n) is 9.71. The van der Waals surface area contributed by atoms with Gasteiger partial charge in [-0.2, -0.15) is 0 Å². The van der Waals surface area contributed by atoms with Crippen LogP contribution in [0.4, 0.5) is 10.7 Å².